The van der Waals surface area contributed by atoms with Crippen LogP contribution in [0.5, 0.6) is 0 Å². The van der Waals surface area contributed by atoms with Gasteiger partial charge >= 0.3 is 0 Å². The average molecular weight is 171 g/mol. The molecule has 0 aromatic heterocycles. The van der Waals surface area contributed by atoms with Gasteiger partial charge in [0.05, 0.1) is 6.61 Å². The van der Waals surface area contributed by atoms with Crippen LogP contribution in [0.25, 0.3) is 0 Å². The van der Waals surface area contributed by atoms with Crippen LogP contribution in [0.15, 0.2) is 0 Å². The van der Waals surface area contributed by atoms with E-state index in [1.165, 1.54) is 19.3 Å². The molecule has 2 nitrogen and oxygen atoms in total. The highest BCUT2D eigenvalue weighted by Gasteiger charge is 2.23. The van der Waals surface area contributed by atoms with Crippen molar-refractivity contribution in [1.82, 2.24) is 5.32 Å². The average Bonchev–Trinajstić information content (AvgIpc) is 2.02. The lowest BCUT2D eigenvalue weighted by Crippen LogP contribution is -2.47. The van der Waals surface area contributed by atoms with Gasteiger partial charge in [-0.25, -0.2) is 0 Å². The minimum absolute atomic E-state index is 0.283. The first-order valence-corrected chi connectivity index (χ1v) is 5.14. The zero-order chi connectivity index (χ0) is 8.97. The maximum absolute atomic E-state index is 9.13. The van der Waals surface area contributed by atoms with Gasteiger partial charge in [0.15, 0.2) is 0 Å². The zero-order valence-electron chi connectivity index (χ0n) is 8.21. The molecule has 0 aromatic carbocycles. The summed E-state index contributed by atoms with van der Waals surface area (Å²) in [5, 5.41) is 12.6. The van der Waals surface area contributed by atoms with Crippen LogP contribution in [0.3, 0.4) is 0 Å². The SMILES string of the molecule is CCC(C)C(CO)NC1CCC1. The third kappa shape index (κ3) is 2.46. The number of nitrogens with one attached hydrogen (secondary N) is 1. The van der Waals surface area contributed by atoms with E-state index < -0.39 is 0 Å². The van der Waals surface area contributed by atoms with Gasteiger partial charge in [0.25, 0.3) is 0 Å². The van der Waals surface area contributed by atoms with E-state index in [1.54, 1.807) is 0 Å². The molecule has 2 atom stereocenters. The number of hydrogen-bond donors (Lipinski definition) is 2. The van der Waals surface area contributed by atoms with Gasteiger partial charge in [-0.2, -0.15) is 0 Å². The van der Waals surface area contributed by atoms with Crippen molar-refractivity contribution in [2.45, 2.75) is 51.6 Å². The summed E-state index contributed by atoms with van der Waals surface area (Å²) in [6.07, 6.45) is 5.10. The molecule has 0 radical (unpaired) electrons. The van der Waals surface area contributed by atoms with Crippen LogP contribution in [0.2, 0.25) is 0 Å². The summed E-state index contributed by atoms with van der Waals surface area (Å²) in [5.41, 5.74) is 0. The number of aliphatic hydroxyl groups excluding tert-OH is 1. The topological polar surface area (TPSA) is 32.3 Å². The Kier molecular flexibility index (Phi) is 4.02. The Hall–Kier alpha value is -0.0800. The van der Waals surface area contributed by atoms with E-state index in [0.29, 0.717) is 18.0 Å². The first-order valence-electron chi connectivity index (χ1n) is 5.14. The first-order chi connectivity index (χ1) is 5.77. The van der Waals surface area contributed by atoms with Gasteiger partial charge in [-0.1, -0.05) is 26.7 Å². The van der Waals surface area contributed by atoms with Gasteiger partial charge in [0.2, 0.25) is 0 Å². The van der Waals surface area contributed by atoms with E-state index in [4.69, 9.17) is 5.11 Å². The lowest BCUT2D eigenvalue weighted by Gasteiger charge is -2.33. The van der Waals surface area contributed by atoms with Crippen LogP contribution in [-0.4, -0.2) is 23.8 Å². The molecule has 0 amide bonds. The third-order valence-corrected chi connectivity index (χ3v) is 3.08. The molecule has 1 aliphatic carbocycles. The number of aliphatic hydroxyl groups is 1. The van der Waals surface area contributed by atoms with Crippen molar-refractivity contribution in [1.29, 1.82) is 0 Å². The fraction of sp³-hybridized carbons (Fsp3) is 1.00. The summed E-state index contributed by atoms with van der Waals surface area (Å²) in [4.78, 5) is 0. The van der Waals surface area contributed by atoms with Crippen molar-refractivity contribution in [2.75, 3.05) is 6.61 Å². The van der Waals surface area contributed by atoms with Gasteiger partial charge in [0, 0.05) is 12.1 Å². The molecule has 0 bridgehead atoms. The van der Waals surface area contributed by atoms with Crippen LogP contribution in [0, 0.1) is 5.92 Å². The summed E-state index contributed by atoms with van der Waals surface area (Å²) in [6, 6.07) is 1.01. The zero-order valence-corrected chi connectivity index (χ0v) is 8.21. The van der Waals surface area contributed by atoms with E-state index in [9.17, 15) is 0 Å². The Labute approximate surface area is 75.4 Å². The lowest BCUT2D eigenvalue weighted by atomic mass is 9.90. The fourth-order valence-corrected chi connectivity index (χ4v) is 1.56. The van der Waals surface area contributed by atoms with Gasteiger partial charge in [-0.15, -0.1) is 0 Å². The van der Waals surface area contributed by atoms with Crippen LogP contribution in [-0.2, 0) is 0 Å². The predicted molar refractivity (Wildman–Crippen MR) is 51.1 cm³/mol. The van der Waals surface area contributed by atoms with E-state index in [0.717, 1.165) is 6.42 Å². The molecule has 0 aliphatic heterocycles. The molecule has 1 aliphatic rings. The molecule has 1 saturated carbocycles. The Bertz CT molecular complexity index is 123. The van der Waals surface area contributed by atoms with E-state index in [-0.39, 0.29) is 6.61 Å². The molecule has 1 rings (SSSR count). The highest BCUT2D eigenvalue weighted by Crippen LogP contribution is 2.20. The lowest BCUT2D eigenvalue weighted by molar-refractivity contribution is 0.170. The molecule has 2 unspecified atom stereocenters. The molecular weight excluding hydrogens is 150 g/mol. The second kappa shape index (κ2) is 4.83. The maximum atomic E-state index is 9.13. The highest BCUT2D eigenvalue weighted by molar-refractivity contribution is 4.82. The van der Waals surface area contributed by atoms with Gasteiger partial charge in [-0.3, -0.25) is 0 Å². The summed E-state index contributed by atoms with van der Waals surface area (Å²) in [7, 11) is 0. The molecule has 72 valence electrons. The smallest absolute Gasteiger partial charge is 0.0587 e. The Balaban J connectivity index is 2.23. The van der Waals surface area contributed by atoms with Crippen molar-refractivity contribution in [3.63, 3.8) is 0 Å². The largest absolute Gasteiger partial charge is 0.395 e. The van der Waals surface area contributed by atoms with Gasteiger partial charge in [0.1, 0.15) is 0 Å². The minimum Gasteiger partial charge on any atom is -0.395 e. The molecular formula is C10H21NO. The summed E-state index contributed by atoms with van der Waals surface area (Å²) < 4.78 is 0. The molecule has 1 fully saturated rings. The summed E-state index contributed by atoms with van der Waals surface area (Å²) in [6.45, 7) is 4.66. The van der Waals surface area contributed by atoms with Gasteiger partial charge < -0.3 is 10.4 Å². The molecule has 0 aromatic rings. The van der Waals surface area contributed by atoms with Crippen molar-refractivity contribution >= 4 is 0 Å². The molecule has 12 heavy (non-hydrogen) atoms. The summed E-state index contributed by atoms with van der Waals surface area (Å²) in [5.74, 6) is 0.593. The van der Waals surface area contributed by atoms with Gasteiger partial charge in [-0.05, 0) is 18.8 Å². The van der Waals surface area contributed by atoms with Crippen molar-refractivity contribution < 1.29 is 5.11 Å². The van der Waals surface area contributed by atoms with Crippen LogP contribution >= 0.6 is 0 Å². The maximum Gasteiger partial charge on any atom is 0.0587 e. The Morgan fingerprint density at radius 1 is 1.50 bits per heavy atom. The second-order valence-corrected chi connectivity index (χ2v) is 3.97. The van der Waals surface area contributed by atoms with Crippen molar-refractivity contribution in [3.05, 3.63) is 0 Å². The monoisotopic (exact) mass is 171 g/mol. The van der Waals surface area contributed by atoms with E-state index >= 15 is 0 Å². The number of hydrogen-bond acceptors (Lipinski definition) is 2. The van der Waals surface area contributed by atoms with Crippen LogP contribution in [0.1, 0.15) is 39.5 Å². The van der Waals surface area contributed by atoms with E-state index in [2.05, 4.69) is 19.2 Å². The highest BCUT2D eigenvalue weighted by atomic mass is 16.3. The fourth-order valence-electron chi connectivity index (χ4n) is 1.56. The normalized spacial score (nSPS) is 23.2. The molecule has 0 spiro atoms. The predicted octanol–water partition coefficient (Wildman–Crippen LogP) is 1.54. The van der Waals surface area contributed by atoms with E-state index in [1.807, 2.05) is 0 Å². The van der Waals surface area contributed by atoms with Crippen LogP contribution < -0.4 is 5.32 Å². The standard InChI is InChI=1S/C10H21NO/c1-3-8(2)10(7-12)11-9-5-4-6-9/h8-12H,3-7H2,1-2H3. The molecule has 2 heteroatoms. The van der Waals surface area contributed by atoms with Crippen LogP contribution in [0.4, 0.5) is 0 Å². The third-order valence-electron chi connectivity index (χ3n) is 3.08. The summed E-state index contributed by atoms with van der Waals surface area (Å²) >= 11 is 0. The Morgan fingerprint density at radius 3 is 2.50 bits per heavy atom. The molecule has 0 saturated heterocycles. The Morgan fingerprint density at radius 2 is 2.17 bits per heavy atom. The second-order valence-electron chi connectivity index (χ2n) is 3.97. The minimum atomic E-state index is 0.283. The van der Waals surface area contributed by atoms with Crippen molar-refractivity contribution in [2.24, 2.45) is 5.92 Å². The molecule has 2 N–H and O–H groups in total. The van der Waals surface area contributed by atoms with Crippen molar-refractivity contribution in [3.8, 4) is 0 Å². The number of rotatable bonds is 5. The quantitative estimate of drug-likeness (QED) is 0.657. The molecule has 0 heterocycles. The first kappa shape index (κ1) is 10.0.